The number of rotatable bonds is 4. The average Bonchev–Trinajstić information content (AvgIpc) is 2.76. The molecule has 0 bridgehead atoms. The smallest absolute Gasteiger partial charge is 0.213 e. The first-order valence-electron chi connectivity index (χ1n) is 6.86. The van der Waals surface area contributed by atoms with Crippen LogP contribution < -0.4 is 4.74 Å². The first-order valence-corrected chi connectivity index (χ1v) is 6.86. The molecule has 0 amide bonds. The van der Waals surface area contributed by atoms with Crippen LogP contribution in [0.1, 0.15) is 43.9 Å². The van der Waals surface area contributed by atoms with Crippen molar-refractivity contribution in [2.75, 3.05) is 20.2 Å². The molecule has 0 aliphatic carbocycles. The zero-order chi connectivity index (χ0) is 13.1. The number of likely N-dealkylation sites (tertiary alicyclic amines) is 1. The summed E-state index contributed by atoms with van der Waals surface area (Å²) in [7, 11) is 1.67. The highest BCUT2D eigenvalue weighted by Gasteiger charge is 2.27. The molecular weight excluding hydrogens is 224 g/mol. The molecular formula is C15H24N2O. The summed E-state index contributed by atoms with van der Waals surface area (Å²) in [6.07, 6.45) is 4.54. The first-order chi connectivity index (χ1) is 8.61. The molecule has 1 fully saturated rings. The topological polar surface area (TPSA) is 25.4 Å². The minimum atomic E-state index is 0.547. The van der Waals surface area contributed by atoms with Crippen molar-refractivity contribution in [1.82, 2.24) is 9.88 Å². The number of methoxy groups -OCH3 is 1. The first kappa shape index (κ1) is 13.3. The third kappa shape index (κ3) is 2.83. The second kappa shape index (κ2) is 5.70. The summed E-state index contributed by atoms with van der Waals surface area (Å²) in [5.41, 5.74) is 2.66. The van der Waals surface area contributed by atoms with Crippen molar-refractivity contribution in [3.8, 4) is 5.88 Å². The van der Waals surface area contributed by atoms with Crippen molar-refractivity contribution in [3.63, 3.8) is 0 Å². The molecule has 1 atom stereocenters. The summed E-state index contributed by atoms with van der Waals surface area (Å²) in [4.78, 5) is 6.97. The van der Waals surface area contributed by atoms with Gasteiger partial charge in [0.2, 0.25) is 5.88 Å². The molecule has 0 saturated carbocycles. The molecule has 2 heterocycles. The maximum Gasteiger partial charge on any atom is 0.213 e. The molecule has 1 aliphatic rings. The number of aromatic nitrogens is 1. The Morgan fingerprint density at radius 2 is 2.28 bits per heavy atom. The van der Waals surface area contributed by atoms with Crippen LogP contribution in [0.15, 0.2) is 12.3 Å². The predicted octanol–water partition coefficient (Wildman–Crippen LogP) is 3.19. The SMILES string of the molecule is COc1cc(C)c([C@@H]2CCCN2CC(C)C)cn1. The van der Waals surface area contributed by atoms with Crippen LogP contribution in [0.3, 0.4) is 0 Å². The van der Waals surface area contributed by atoms with Crippen LogP contribution in [0.25, 0.3) is 0 Å². The lowest BCUT2D eigenvalue weighted by Crippen LogP contribution is -2.27. The highest BCUT2D eigenvalue weighted by Crippen LogP contribution is 2.34. The van der Waals surface area contributed by atoms with E-state index in [0.29, 0.717) is 11.9 Å². The van der Waals surface area contributed by atoms with Gasteiger partial charge in [-0.3, -0.25) is 4.90 Å². The van der Waals surface area contributed by atoms with E-state index in [2.05, 4.69) is 30.7 Å². The van der Waals surface area contributed by atoms with E-state index in [9.17, 15) is 0 Å². The fraction of sp³-hybridized carbons (Fsp3) is 0.667. The van der Waals surface area contributed by atoms with Crippen LogP contribution in [-0.2, 0) is 0 Å². The van der Waals surface area contributed by atoms with E-state index in [4.69, 9.17) is 4.74 Å². The monoisotopic (exact) mass is 248 g/mol. The van der Waals surface area contributed by atoms with Gasteiger partial charge in [0.15, 0.2) is 0 Å². The van der Waals surface area contributed by atoms with Crippen molar-refractivity contribution in [2.24, 2.45) is 5.92 Å². The molecule has 100 valence electrons. The lowest BCUT2D eigenvalue weighted by Gasteiger charge is -2.27. The number of aryl methyl sites for hydroxylation is 1. The minimum Gasteiger partial charge on any atom is -0.481 e. The molecule has 0 spiro atoms. The molecule has 0 radical (unpaired) electrons. The van der Waals surface area contributed by atoms with Gasteiger partial charge < -0.3 is 4.74 Å². The van der Waals surface area contributed by atoms with Gasteiger partial charge in [-0.25, -0.2) is 4.98 Å². The molecule has 3 heteroatoms. The van der Waals surface area contributed by atoms with Crippen molar-refractivity contribution in [1.29, 1.82) is 0 Å². The van der Waals surface area contributed by atoms with Crippen LogP contribution in [0, 0.1) is 12.8 Å². The van der Waals surface area contributed by atoms with Crippen LogP contribution >= 0.6 is 0 Å². The van der Waals surface area contributed by atoms with Gasteiger partial charge in [0, 0.05) is 24.8 Å². The highest BCUT2D eigenvalue weighted by molar-refractivity contribution is 5.31. The maximum atomic E-state index is 5.18. The van der Waals surface area contributed by atoms with E-state index in [0.717, 1.165) is 5.92 Å². The van der Waals surface area contributed by atoms with Crippen molar-refractivity contribution in [3.05, 3.63) is 23.4 Å². The Morgan fingerprint density at radius 1 is 1.50 bits per heavy atom. The molecule has 0 unspecified atom stereocenters. The summed E-state index contributed by atoms with van der Waals surface area (Å²) in [5.74, 6) is 1.43. The highest BCUT2D eigenvalue weighted by atomic mass is 16.5. The molecule has 1 aromatic heterocycles. The summed E-state index contributed by atoms with van der Waals surface area (Å²) in [6.45, 7) is 9.12. The summed E-state index contributed by atoms with van der Waals surface area (Å²) < 4.78 is 5.18. The minimum absolute atomic E-state index is 0.547. The zero-order valence-corrected chi connectivity index (χ0v) is 11.9. The number of hydrogen-bond donors (Lipinski definition) is 0. The van der Waals surface area contributed by atoms with E-state index < -0.39 is 0 Å². The fourth-order valence-corrected chi connectivity index (χ4v) is 2.87. The van der Waals surface area contributed by atoms with Gasteiger partial charge in [0.1, 0.15) is 0 Å². The molecule has 0 aromatic carbocycles. The third-order valence-corrected chi connectivity index (χ3v) is 3.66. The third-order valence-electron chi connectivity index (χ3n) is 3.66. The Hall–Kier alpha value is -1.09. The standard InChI is InChI=1S/C15H24N2O/c1-11(2)10-17-7-5-6-14(17)13-9-16-15(18-4)8-12(13)3/h8-9,11,14H,5-7,10H2,1-4H3/t14-/m0/s1. The van der Waals surface area contributed by atoms with Crippen LogP contribution in [0.2, 0.25) is 0 Å². The van der Waals surface area contributed by atoms with E-state index in [1.807, 2.05) is 12.3 Å². The number of ether oxygens (including phenoxy) is 1. The lowest BCUT2D eigenvalue weighted by atomic mass is 10.0. The Balaban J connectivity index is 2.19. The van der Waals surface area contributed by atoms with Crippen molar-refractivity contribution in [2.45, 2.75) is 39.7 Å². The number of nitrogens with zero attached hydrogens (tertiary/aromatic N) is 2. The molecule has 0 N–H and O–H groups in total. The van der Waals surface area contributed by atoms with E-state index in [1.54, 1.807) is 7.11 Å². The Labute approximate surface area is 110 Å². The Morgan fingerprint density at radius 3 is 2.89 bits per heavy atom. The number of hydrogen-bond acceptors (Lipinski definition) is 3. The molecule has 3 nitrogen and oxygen atoms in total. The fourth-order valence-electron chi connectivity index (χ4n) is 2.87. The number of pyridine rings is 1. The summed E-state index contributed by atoms with van der Waals surface area (Å²) in [5, 5.41) is 0. The molecule has 1 aliphatic heterocycles. The summed E-state index contributed by atoms with van der Waals surface area (Å²) in [6, 6.07) is 2.59. The maximum absolute atomic E-state index is 5.18. The van der Waals surface area contributed by atoms with Gasteiger partial charge in [0.25, 0.3) is 0 Å². The quantitative estimate of drug-likeness (QED) is 0.818. The van der Waals surface area contributed by atoms with Gasteiger partial charge in [-0.2, -0.15) is 0 Å². The second-order valence-electron chi connectivity index (χ2n) is 5.63. The van der Waals surface area contributed by atoms with Crippen LogP contribution in [0.5, 0.6) is 5.88 Å². The summed E-state index contributed by atoms with van der Waals surface area (Å²) >= 11 is 0. The largest absolute Gasteiger partial charge is 0.481 e. The molecule has 18 heavy (non-hydrogen) atoms. The van der Waals surface area contributed by atoms with Crippen LogP contribution in [-0.4, -0.2) is 30.1 Å². The van der Waals surface area contributed by atoms with Gasteiger partial charge in [-0.1, -0.05) is 13.8 Å². The second-order valence-corrected chi connectivity index (χ2v) is 5.63. The normalized spacial score (nSPS) is 20.6. The predicted molar refractivity (Wildman–Crippen MR) is 73.9 cm³/mol. The Kier molecular flexibility index (Phi) is 4.23. The van der Waals surface area contributed by atoms with Crippen molar-refractivity contribution >= 4 is 0 Å². The van der Waals surface area contributed by atoms with Gasteiger partial charge in [0.05, 0.1) is 7.11 Å². The lowest BCUT2D eigenvalue weighted by molar-refractivity contribution is 0.228. The molecule has 1 saturated heterocycles. The van der Waals surface area contributed by atoms with Gasteiger partial charge in [-0.15, -0.1) is 0 Å². The van der Waals surface area contributed by atoms with Crippen molar-refractivity contribution < 1.29 is 4.74 Å². The van der Waals surface area contributed by atoms with E-state index >= 15 is 0 Å². The van der Waals surface area contributed by atoms with Gasteiger partial charge >= 0.3 is 0 Å². The Bertz CT molecular complexity index is 403. The van der Waals surface area contributed by atoms with E-state index in [-0.39, 0.29) is 0 Å². The van der Waals surface area contributed by atoms with Crippen LogP contribution in [0.4, 0.5) is 0 Å². The molecule has 2 rings (SSSR count). The molecule has 1 aromatic rings. The average molecular weight is 248 g/mol. The van der Waals surface area contributed by atoms with E-state index in [1.165, 1.54) is 37.1 Å². The van der Waals surface area contributed by atoms with Gasteiger partial charge in [-0.05, 0) is 43.4 Å². The zero-order valence-electron chi connectivity index (χ0n) is 11.9.